The van der Waals surface area contributed by atoms with Crippen molar-refractivity contribution in [2.75, 3.05) is 13.2 Å². The van der Waals surface area contributed by atoms with Crippen LogP contribution in [0.3, 0.4) is 0 Å². The first-order chi connectivity index (χ1) is 10.1. The molecule has 1 aliphatic carbocycles. The van der Waals surface area contributed by atoms with Crippen LogP contribution < -0.4 is 5.73 Å². The molecule has 4 nitrogen and oxygen atoms in total. The summed E-state index contributed by atoms with van der Waals surface area (Å²) in [4.78, 5) is 9.63. The monoisotopic (exact) mass is 291 g/mol. The summed E-state index contributed by atoms with van der Waals surface area (Å²) in [5.41, 5.74) is 8.74. The van der Waals surface area contributed by atoms with E-state index in [2.05, 4.69) is 20.8 Å². The van der Waals surface area contributed by atoms with E-state index in [-0.39, 0.29) is 5.60 Å². The van der Waals surface area contributed by atoms with Crippen molar-refractivity contribution in [1.29, 1.82) is 0 Å². The van der Waals surface area contributed by atoms with Crippen LogP contribution in [0.25, 0.3) is 0 Å². The van der Waals surface area contributed by atoms with E-state index in [1.165, 1.54) is 31.2 Å². The second-order valence-electron chi connectivity index (χ2n) is 6.08. The Kier molecular flexibility index (Phi) is 5.71. The number of aromatic nitrogens is 2. The first kappa shape index (κ1) is 16.4. The first-order valence-corrected chi connectivity index (χ1v) is 8.31. The predicted octanol–water partition coefficient (Wildman–Crippen LogP) is 3.18. The van der Waals surface area contributed by atoms with Crippen LogP contribution >= 0.6 is 0 Å². The van der Waals surface area contributed by atoms with E-state index in [9.17, 15) is 0 Å². The fraction of sp³-hybridized carbons (Fsp3) is 0.765. The Labute approximate surface area is 128 Å². The molecule has 1 heterocycles. The molecule has 2 rings (SSSR count). The predicted molar refractivity (Wildman–Crippen MR) is 85.3 cm³/mol. The highest BCUT2D eigenvalue weighted by molar-refractivity contribution is 5.26. The Bertz CT molecular complexity index is 442. The highest BCUT2D eigenvalue weighted by Gasteiger charge is 2.37. The van der Waals surface area contributed by atoms with E-state index in [0.717, 1.165) is 36.5 Å². The van der Waals surface area contributed by atoms with E-state index in [4.69, 9.17) is 20.4 Å². The maximum Gasteiger partial charge on any atom is 0.160 e. The molecule has 1 fully saturated rings. The van der Waals surface area contributed by atoms with Gasteiger partial charge in [0.25, 0.3) is 0 Å². The highest BCUT2D eigenvalue weighted by atomic mass is 16.5. The van der Waals surface area contributed by atoms with E-state index >= 15 is 0 Å². The Morgan fingerprint density at radius 1 is 1.05 bits per heavy atom. The largest absolute Gasteiger partial charge is 0.367 e. The third-order valence-corrected chi connectivity index (χ3v) is 4.55. The van der Waals surface area contributed by atoms with Crippen LogP contribution in [0.5, 0.6) is 0 Å². The zero-order valence-electron chi connectivity index (χ0n) is 13.7. The van der Waals surface area contributed by atoms with Crippen LogP contribution in [0.2, 0.25) is 0 Å². The van der Waals surface area contributed by atoms with Gasteiger partial charge in [-0.05, 0) is 52.1 Å². The normalized spacial score (nSPS) is 18.5. The first-order valence-electron chi connectivity index (χ1n) is 8.31. The van der Waals surface area contributed by atoms with Crippen LogP contribution in [0.15, 0.2) is 0 Å². The molecule has 2 N–H and O–H groups in total. The van der Waals surface area contributed by atoms with Crippen molar-refractivity contribution >= 4 is 0 Å². The minimum Gasteiger partial charge on any atom is -0.367 e. The van der Waals surface area contributed by atoms with Gasteiger partial charge in [-0.3, -0.25) is 0 Å². The van der Waals surface area contributed by atoms with Gasteiger partial charge >= 0.3 is 0 Å². The molecule has 0 aromatic carbocycles. The van der Waals surface area contributed by atoms with E-state index in [1.54, 1.807) is 0 Å². The molecule has 4 heteroatoms. The van der Waals surface area contributed by atoms with Crippen LogP contribution in [-0.2, 0) is 16.8 Å². The fourth-order valence-corrected chi connectivity index (χ4v) is 3.46. The van der Waals surface area contributed by atoms with Crippen LogP contribution in [0, 0.1) is 13.8 Å². The second kappa shape index (κ2) is 7.32. The quantitative estimate of drug-likeness (QED) is 0.846. The number of nitrogens with zero attached hydrogens (tertiary/aromatic N) is 2. The van der Waals surface area contributed by atoms with E-state index < -0.39 is 0 Å². The van der Waals surface area contributed by atoms with E-state index in [1.807, 2.05) is 0 Å². The molecule has 0 radical (unpaired) electrons. The summed E-state index contributed by atoms with van der Waals surface area (Å²) in [6, 6.07) is 0. The van der Waals surface area contributed by atoms with Gasteiger partial charge in [0.15, 0.2) is 5.82 Å². The van der Waals surface area contributed by atoms with Crippen molar-refractivity contribution in [1.82, 2.24) is 9.97 Å². The molecule has 0 unspecified atom stereocenters. The molecule has 0 aliphatic heterocycles. The molecule has 21 heavy (non-hydrogen) atoms. The lowest BCUT2D eigenvalue weighted by Crippen LogP contribution is -2.32. The third kappa shape index (κ3) is 3.61. The van der Waals surface area contributed by atoms with Gasteiger partial charge in [0.2, 0.25) is 0 Å². The summed E-state index contributed by atoms with van der Waals surface area (Å²) in [7, 11) is 0. The summed E-state index contributed by atoms with van der Waals surface area (Å²) in [5, 5.41) is 0. The fourth-order valence-electron chi connectivity index (χ4n) is 3.46. The van der Waals surface area contributed by atoms with Crippen molar-refractivity contribution in [3.05, 3.63) is 22.8 Å². The SMILES string of the molecule is CCOC1(c2nc(C)c(CCN)c(C)n2)CCCCCC1. The molecule has 0 spiro atoms. The lowest BCUT2D eigenvalue weighted by molar-refractivity contribution is -0.0626. The van der Waals surface area contributed by atoms with Gasteiger partial charge in [-0.1, -0.05) is 25.7 Å². The molecule has 1 aromatic heterocycles. The van der Waals surface area contributed by atoms with Crippen molar-refractivity contribution < 1.29 is 4.74 Å². The third-order valence-electron chi connectivity index (χ3n) is 4.55. The maximum absolute atomic E-state index is 6.20. The average molecular weight is 291 g/mol. The zero-order valence-corrected chi connectivity index (χ0v) is 13.7. The molecule has 0 amide bonds. The molecular formula is C17H29N3O. The molecule has 0 bridgehead atoms. The van der Waals surface area contributed by atoms with Crippen LogP contribution in [0.4, 0.5) is 0 Å². The maximum atomic E-state index is 6.20. The van der Waals surface area contributed by atoms with Crippen molar-refractivity contribution in [3.63, 3.8) is 0 Å². The summed E-state index contributed by atoms with van der Waals surface area (Å²) in [6.45, 7) is 7.56. The minimum atomic E-state index is -0.276. The lowest BCUT2D eigenvalue weighted by atomic mass is 9.92. The van der Waals surface area contributed by atoms with Gasteiger partial charge in [0.05, 0.1) is 0 Å². The highest BCUT2D eigenvalue weighted by Crippen LogP contribution is 2.38. The second-order valence-corrected chi connectivity index (χ2v) is 6.08. The standard InChI is InChI=1S/C17H29N3O/c1-4-21-17(10-7-5-6-8-11-17)16-19-13(2)15(9-12-18)14(3)20-16/h4-12,18H2,1-3H3. The minimum absolute atomic E-state index is 0.276. The van der Waals surface area contributed by atoms with E-state index in [0.29, 0.717) is 13.2 Å². The van der Waals surface area contributed by atoms with Crippen molar-refractivity contribution in [3.8, 4) is 0 Å². The van der Waals surface area contributed by atoms with Gasteiger partial charge in [-0.15, -0.1) is 0 Å². The molecule has 0 atom stereocenters. The summed E-state index contributed by atoms with van der Waals surface area (Å²) >= 11 is 0. The van der Waals surface area contributed by atoms with Gasteiger partial charge in [0.1, 0.15) is 5.60 Å². The average Bonchev–Trinajstić information content (AvgIpc) is 2.69. The molecule has 0 saturated heterocycles. The number of hydrogen-bond acceptors (Lipinski definition) is 4. The van der Waals surface area contributed by atoms with Crippen molar-refractivity contribution in [2.45, 2.75) is 71.3 Å². The Balaban J connectivity index is 2.40. The number of hydrogen-bond donors (Lipinski definition) is 1. The number of nitrogens with two attached hydrogens (primary N) is 1. The van der Waals surface area contributed by atoms with Crippen molar-refractivity contribution in [2.24, 2.45) is 5.73 Å². The molecule has 1 saturated carbocycles. The smallest absolute Gasteiger partial charge is 0.160 e. The van der Waals surface area contributed by atoms with Gasteiger partial charge in [-0.25, -0.2) is 9.97 Å². The topological polar surface area (TPSA) is 61.0 Å². The van der Waals surface area contributed by atoms with Gasteiger partial charge in [0, 0.05) is 18.0 Å². The number of aryl methyl sites for hydroxylation is 2. The Hall–Kier alpha value is -1.00. The Morgan fingerprint density at radius 3 is 2.10 bits per heavy atom. The number of rotatable bonds is 5. The summed E-state index contributed by atoms with van der Waals surface area (Å²) in [6.07, 6.45) is 7.90. The zero-order chi connectivity index (χ0) is 15.3. The van der Waals surface area contributed by atoms with Gasteiger partial charge in [-0.2, -0.15) is 0 Å². The summed E-state index contributed by atoms with van der Waals surface area (Å²) in [5.74, 6) is 0.891. The number of ether oxygens (including phenoxy) is 1. The molecular weight excluding hydrogens is 262 g/mol. The Morgan fingerprint density at radius 2 is 1.62 bits per heavy atom. The summed E-state index contributed by atoms with van der Waals surface area (Å²) < 4.78 is 6.20. The van der Waals surface area contributed by atoms with Gasteiger partial charge < -0.3 is 10.5 Å². The lowest BCUT2D eigenvalue weighted by Gasteiger charge is -2.32. The van der Waals surface area contributed by atoms with Crippen LogP contribution in [0.1, 0.15) is 68.2 Å². The molecule has 1 aliphatic rings. The molecule has 118 valence electrons. The van der Waals surface area contributed by atoms with Crippen LogP contribution in [-0.4, -0.2) is 23.1 Å². The molecule has 1 aromatic rings.